The molecule has 1 aromatic rings. The largest absolute Gasteiger partial charge is 0.444 e. The van der Waals surface area contributed by atoms with Gasteiger partial charge in [0.2, 0.25) is 0 Å². The average molecular weight is 333 g/mol. The smallest absolute Gasteiger partial charge is 0.410 e. The van der Waals surface area contributed by atoms with Crippen LogP contribution in [0.15, 0.2) is 24.3 Å². The SMILES string of the molecule is CCNc1ccc(CN2CCN(C(=O)OC(C)(C)C)[C@@H](C)C2)cc1. The van der Waals surface area contributed by atoms with Gasteiger partial charge in [-0.3, -0.25) is 4.90 Å². The lowest BCUT2D eigenvalue weighted by Crippen LogP contribution is -2.54. The van der Waals surface area contributed by atoms with Gasteiger partial charge in [0.1, 0.15) is 5.60 Å². The number of carbonyl (C=O) groups excluding carboxylic acids is 1. The van der Waals surface area contributed by atoms with Crippen LogP contribution in [0.1, 0.15) is 40.2 Å². The first-order valence-electron chi connectivity index (χ1n) is 8.83. The molecular formula is C19H31N3O2. The highest BCUT2D eigenvalue weighted by Crippen LogP contribution is 2.18. The summed E-state index contributed by atoms with van der Waals surface area (Å²) in [4.78, 5) is 16.5. The number of rotatable bonds is 4. The maximum absolute atomic E-state index is 12.3. The Bertz CT molecular complexity index is 537. The van der Waals surface area contributed by atoms with E-state index in [1.165, 1.54) is 5.56 Å². The number of anilines is 1. The fourth-order valence-corrected chi connectivity index (χ4v) is 2.96. The highest BCUT2D eigenvalue weighted by molar-refractivity contribution is 5.68. The van der Waals surface area contributed by atoms with Gasteiger partial charge in [0.15, 0.2) is 0 Å². The van der Waals surface area contributed by atoms with Crippen LogP contribution in [0.25, 0.3) is 0 Å². The van der Waals surface area contributed by atoms with Gasteiger partial charge in [0.25, 0.3) is 0 Å². The number of amides is 1. The van der Waals surface area contributed by atoms with Crippen molar-refractivity contribution in [2.75, 3.05) is 31.5 Å². The number of nitrogens with one attached hydrogen (secondary N) is 1. The molecule has 1 amide bonds. The fourth-order valence-electron chi connectivity index (χ4n) is 2.96. The molecule has 0 aromatic heterocycles. The molecule has 1 saturated heterocycles. The Hall–Kier alpha value is -1.75. The Labute approximate surface area is 146 Å². The van der Waals surface area contributed by atoms with E-state index in [1.54, 1.807) is 0 Å². The lowest BCUT2D eigenvalue weighted by molar-refractivity contribution is 0.000563. The van der Waals surface area contributed by atoms with Crippen LogP contribution in [0.2, 0.25) is 0 Å². The molecule has 0 aliphatic carbocycles. The van der Waals surface area contributed by atoms with Gasteiger partial charge >= 0.3 is 6.09 Å². The summed E-state index contributed by atoms with van der Waals surface area (Å²) in [5, 5.41) is 3.31. The molecule has 5 heteroatoms. The Morgan fingerprint density at radius 3 is 2.46 bits per heavy atom. The number of nitrogens with zero attached hydrogens (tertiary/aromatic N) is 2. The van der Waals surface area contributed by atoms with Crippen molar-refractivity contribution in [3.63, 3.8) is 0 Å². The lowest BCUT2D eigenvalue weighted by atomic mass is 10.1. The molecule has 0 unspecified atom stereocenters. The van der Waals surface area contributed by atoms with E-state index < -0.39 is 5.60 Å². The van der Waals surface area contributed by atoms with Gasteiger partial charge in [-0.2, -0.15) is 0 Å². The highest BCUT2D eigenvalue weighted by Gasteiger charge is 2.30. The van der Waals surface area contributed by atoms with Gasteiger partial charge in [-0.05, 0) is 52.3 Å². The van der Waals surface area contributed by atoms with Crippen LogP contribution in [-0.4, -0.2) is 53.7 Å². The lowest BCUT2D eigenvalue weighted by Gasteiger charge is -2.40. The van der Waals surface area contributed by atoms with E-state index in [1.807, 2.05) is 25.7 Å². The fraction of sp³-hybridized carbons (Fsp3) is 0.632. The van der Waals surface area contributed by atoms with Crippen molar-refractivity contribution in [3.8, 4) is 0 Å². The van der Waals surface area contributed by atoms with E-state index in [9.17, 15) is 4.79 Å². The van der Waals surface area contributed by atoms with Crippen LogP contribution in [-0.2, 0) is 11.3 Å². The Morgan fingerprint density at radius 2 is 1.92 bits per heavy atom. The number of hydrogen-bond acceptors (Lipinski definition) is 4. The summed E-state index contributed by atoms with van der Waals surface area (Å²) < 4.78 is 5.50. The van der Waals surface area contributed by atoms with E-state index in [0.717, 1.165) is 31.9 Å². The topological polar surface area (TPSA) is 44.8 Å². The third-order valence-electron chi connectivity index (χ3n) is 4.08. The second kappa shape index (κ2) is 7.88. The highest BCUT2D eigenvalue weighted by atomic mass is 16.6. The van der Waals surface area contributed by atoms with Gasteiger partial charge in [-0.1, -0.05) is 12.1 Å². The van der Waals surface area contributed by atoms with Crippen molar-refractivity contribution in [1.82, 2.24) is 9.80 Å². The summed E-state index contributed by atoms with van der Waals surface area (Å²) in [6, 6.07) is 8.75. The van der Waals surface area contributed by atoms with E-state index in [4.69, 9.17) is 4.74 Å². The van der Waals surface area contributed by atoms with Gasteiger partial charge in [-0.25, -0.2) is 4.79 Å². The number of piperazine rings is 1. The van der Waals surface area contributed by atoms with Crippen molar-refractivity contribution >= 4 is 11.8 Å². The molecular weight excluding hydrogens is 302 g/mol. The second-order valence-electron chi connectivity index (χ2n) is 7.49. The molecule has 134 valence electrons. The zero-order valence-electron chi connectivity index (χ0n) is 15.6. The quantitative estimate of drug-likeness (QED) is 0.915. The Kier molecular flexibility index (Phi) is 6.10. The molecule has 0 radical (unpaired) electrons. The second-order valence-corrected chi connectivity index (χ2v) is 7.49. The molecule has 1 N–H and O–H groups in total. The van der Waals surface area contributed by atoms with Crippen molar-refractivity contribution in [2.24, 2.45) is 0 Å². The van der Waals surface area contributed by atoms with Crippen molar-refractivity contribution in [3.05, 3.63) is 29.8 Å². The minimum atomic E-state index is -0.442. The summed E-state index contributed by atoms with van der Waals surface area (Å²) >= 11 is 0. The molecule has 0 saturated carbocycles. The molecule has 1 aliphatic heterocycles. The predicted molar refractivity (Wildman–Crippen MR) is 98.3 cm³/mol. The summed E-state index contributed by atoms with van der Waals surface area (Å²) in [7, 11) is 0. The van der Waals surface area contributed by atoms with Crippen LogP contribution in [0.5, 0.6) is 0 Å². The molecule has 0 spiro atoms. The number of benzene rings is 1. The van der Waals surface area contributed by atoms with Gasteiger partial charge in [0.05, 0.1) is 0 Å². The van der Waals surface area contributed by atoms with E-state index in [0.29, 0.717) is 6.54 Å². The standard InChI is InChI=1S/C19H31N3O2/c1-6-20-17-9-7-16(8-10-17)14-21-11-12-22(15(2)13-21)18(23)24-19(3,4)5/h7-10,15,20H,6,11-14H2,1-5H3/t15-/m0/s1. The average Bonchev–Trinajstić information content (AvgIpc) is 2.48. The van der Waals surface area contributed by atoms with Gasteiger partial charge < -0.3 is 15.0 Å². The maximum atomic E-state index is 12.3. The third kappa shape index (κ3) is 5.41. The van der Waals surface area contributed by atoms with Gasteiger partial charge in [-0.15, -0.1) is 0 Å². The maximum Gasteiger partial charge on any atom is 0.410 e. The van der Waals surface area contributed by atoms with Crippen molar-refractivity contribution in [1.29, 1.82) is 0 Å². The zero-order chi connectivity index (χ0) is 17.7. The first-order valence-corrected chi connectivity index (χ1v) is 8.83. The molecule has 1 heterocycles. The van der Waals surface area contributed by atoms with E-state index >= 15 is 0 Å². The van der Waals surface area contributed by atoms with Crippen LogP contribution in [0.4, 0.5) is 10.5 Å². The molecule has 0 bridgehead atoms. The predicted octanol–water partition coefficient (Wildman–Crippen LogP) is 3.56. The molecule has 2 rings (SSSR count). The van der Waals surface area contributed by atoms with E-state index in [-0.39, 0.29) is 12.1 Å². The summed E-state index contributed by atoms with van der Waals surface area (Å²) in [5.41, 5.74) is 2.02. The monoisotopic (exact) mass is 333 g/mol. The minimum Gasteiger partial charge on any atom is -0.444 e. The minimum absolute atomic E-state index is 0.162. The van der Waals surface area contributed by atoms with Crippen LogP contribution in [0.3, 0.4) is 0 Å². The molecule has 24 heavy (non-hydrogen) atoms. The first-order chi connectivity index (χ1) is 11.3. The molecule has 1 aromatic carbocycles. The van der Waals surface area contributed by atoms with Crippen LogP contribution < -0.4 is 5.32 Å². The first kappa shape index (κ1) is 18.6. The van der Waals surface area contributed by atoms with Crippen LogP contribution >= 0.6 is 0 Å². The van der Waals surface area contributed by atoms with Crippen molar-refractivity contribution < 1.29 is 9.53 Å². The third-order valence-corrected chi connectivity index (χ3v) is 4.08. The molecule has 1 fully saturated rings. The normalized spacial score (nSPS) is 19.2. The van der Waals surface area contributed by atoms with Gasteiger partial charge in [0, 0.05) is 44.5 Å². The summed E-state index contributed by atoms with van der Waals surface area (Å²) in [6.45, 7) is 14.2. The van der Waals surface area contributed by atoms with Crippen molar-refractivity contribution in [2.45, 2.75) is 52.8 Å². The zero-order valence-corrected chi connectivity index (χ0v) is 15.6. The number of hydrogen-bond donors (Lipinski definition) is 1. The molecule has 1 atom stereocenters. The summed E-state index contributed by atoms with van der Waals surface area (Å²) in [6.07, 6.45) is -0.204. The molecule has 1 aliphatic rings. The number of carbonyl (C=O) groups is 1. The Morgan fingerprint density at radius 1 is 1.25 bits per heavy atom. The Balaban J connectivity index is 1.87. The summed E-state index contributed by atoms with van der Waals surface area (Å²) in [5.74, 6) is 0. The number of ether oxygens (including phenoxy) is 1. The van der Waals surface area contributed by atoms with Crippen LogP contribution in [0, 0.1) is 0 Å². The van der Waals surface area contributed by atoms with E-state index in [2.05, 4.69) is 48.3 Å². The molecule has 5 nitrogen and oxygen atoms in total.